The van der Waals surface area contributed by atoms with Crippen LogP contribution in [0.2, 0.25) is 0 Å². The minimum atomic E-state index is -0.0814. The third-order valence-corrected chi connectivity index (χ3v) is 4.35. The highest BCUT2D eigenvalue weighted by atomic mass is 79.9. The molecular weight excluding hydrogens is 342 g/mol. The van der Waals surface area contributed by atoms with E-state index in [1.54, 1.807) is 12.3 Å². The zero-order valence-electron chi connectivity index (χ0n) is 12.2. The lowest BCUT2D eigenvalue weighted by atomic mass is 10.2. The number of hydrogen-bond acceptors (Lipinski definition) is 3. The average molecular weight is 360 g/mol. The largest absolute Gasteiger partial charge is 0.354 e. The fourth-order valence-corrected chi connectivity index (χ4v) is 2.90. The Bertz CT molecular complexity index is 634. The Morgan fingerprint density at radius 1 is 1.05 bits per heavy atom. The summed E-state index contributed by atoms with van der Waals surface area (Å²) in [7, 11) is 0. The molecule has 2 N–H and O–H groups in total. The van der Waals surface area contributed by atoms with Crippen molar-refractivity contribution >= 4 is 33.2 Å². The van der Waals surface area contributed by atoms with E-state index in [2.05, 4.69) is 31.5 Å². The molecule has 0 spiro atoms. The summed E-state index contributed by atoms with van der Waals surface area (Å²) in [5.74, 6) is -0.0814. The third-order valence-electron chi connectivity index (χ3n) is 3.82. The van der Waals surface area contributed by atoms with Crippen LogP contribution in [0.5, 0.6) is 0 Å². The molecule has 114 valence electrons. The van der Waals surface area contributed by atoms with E-state index in [4.69, 9.17) is 0 Å². The van der Waals surface area contributed by atoms with Crippen molar-refractivity contribution in [2.45, 2.75) is 31.7 Å². The van der Waals surface area contributed by atoms with Crippen molar-refractivity contribution in [2.75, 3.05) is 5.32 Å². The van der Waals surface area contributed by atoms with Crippen LogP contribution >= 0.6 is 15.9 Å². The van der Waals surface area contributed by atoms with Gasteiger partial charge in [0.2, 0.25) is 0 Å². The van der Waals surface area contributed by atoms with Gasteiger partial charge in [0.1, 0.15) is 5.69 Å². The highest BCUT2D eigenvalue weighted by molar-refractivity contribution is 9.10. The molecule has 0 radical (unpaired) electrons. The second-order valence-electron chi connectivity index (χ2n) is 5.52. The average Bonchev–Trinajstić information content (AvgIpc) is 3.03. The smallest absolute Gasteiger partial charge is 0.270 e. The van der Waals surface area contributed by atoms with Crippen molar-refractivity contribution in [3.05, 3.63) is 52.8 Å². The highest BCUT2D eigenvalue weighted by Crippen LogP contribution is 2.20. The monoisotopic (exact) mass is 359 g/mol. The Hall–Kier alpha value is -1.88. The van der Waals surface area contributed by atoms with Gasteiger partial charge in [-0.25, -0.2) is 4.98 Å². The summed E-state index contributed by atoms with van der Waals surface area (Å²) in [5, 5.41) is 6.30. The molecule has 0 saturated heterocycles. The summed E-state index contributed by atoms with van der Waals surface area (Å²) in [6.07, 6.45) is 6.25. The number of rotatable bonds is 4. The third kappa shape index (κ3) is 3.85. The molecule has 2 aromatic rings. The van der Waals surface area contributed by atoms with E-state index >= 15 is 0 Å². The molecule has 1 saturated carbocycles. The van der Waals surface area contributed by atoms with Crippen LogP contribution in [-0.4, -0.2) is 16.9 Å². The fraction of sp³-hybridized carbons (Fsp3) is 0.294. The molecule has 0 atom stereocenters. The van der Waals surface area contributed by atoms with E-state index in [1.807, 2.05) is 30.3 Å². The van der Waals surface area contributed by atoms with E-state index in [1.165, 1.54) is 12.8 Å². The zero-order valence-corrected chi connectivity index (χ0v) is 13.8. The Morgan fingerprint density at radius 2 is 1.73 bits per heavy atom. The topological polar surface area (TPSA) is 54.0 Å². The van der Waals surface area contributed by atoms with Crippen LogP contribution in [-0.2, 0) is 0 Å². The second-order valence-corrected chi connectivity index (χ2v) is 6.43. The molecule has 0 unspecified atom stereocenters. The Morgan fingerprint density at radius 3 is 2.36 bits per heavy atom. The number of amides is 1. The lowest BCUT2D eigenvalue weighted by Crippen LogP contribution is -2.33. The quantitative estimate of drug-likeness (QED) is 0.857. The van der Waals surface area contributed by atoms with Gasteiger partial charge in [-0.15, -0.1) is 0 Å². The van der Waals surface area contributed by atoms with Crippen LogP contribution in [0.25, 0.3) is 0 Å². The first-order chi connectivity index (χ1) is 10.7. The van der Waals surface area contributed by atoms with Crippen molar-refractivity contribution in [3.8, 4) is 0 Å². The van der Waals surface area contributed by atoms with Crippen molar-refractivity contribution in [2.24, 2.45) is 0 Å². The summed E-state index contributed by atoms with van der Waals surface area (Å²) >= 11 is 3.41. The maximum absolute atomic E-state index is 12.1. The maximum Gasteiger partial charge on any atom is 0.270 e. The standard InChI is InChI=1S/C17H18BrN3O/c18-12-5-7-14(8-6-12)20-15-9-10-16(19-11-15)17(22)21-13-3-1-2-4-13/h5-11,13,20H,1-4H2,(H,21,22). The number of aromatic nitrogens is 1. The zero-order chi connectivity index (χ0) is 15.4. The summed E-state index contributed by atoms with van der Waals surface area (Å²) in [4.78, 5) is 16.4. The SMILES string of the molecule is O=C(NC1CCCC1)c1ccc(Nc2ccc(Br)cc2)cn1. The molecule has 4 nitrogen and oxygen atoms in total. The first kappa shape index (κ1) is 15.0. The predicted octanol–water partition coefficient (Wildman–Crippen LogP) is 4.26. The Kier molecular flexibility index (Phi) is 4.73. The number of nitrogens with zero attached hydrogens (tertiary/aromatic N) is 1. The van der Waals surface area contributed by atoms with Crippen molar-refractivity contribution in [1.82, 2.24) is 10.3 Å². The van der Waals surface area contributed by atoms with E-state index in [-0.39, 0.29) is 5.91 Å². The van der Waals surface area contributed by atoms with Crippen molar-refractivity contribution < 1.29 is 4.79 Å². The summed E-state index contributed by atoms with van der Waals surface area (Å²) in [5.41, 5.74) is 2.31. The number of halogens is 1. The van der Waals surface area contributed by atoms with Crippen LogP contribution in [0.4, 0.5) is 11.4 Å². The molecular formula is C17H18BrN3O. The highest BCUT2D eigenvalue weighted by Gasteiger charge is 2.18. The minimum absolute atomic E-state index is 0.0814. The van der Waals surface area contributed by atoms with Crippen molar-refractivity contribution in [1.29, 1.82) is 0 Å². The van der Waals surface area contributed by atoms with Gasteiger partial charge in [-0.1, -0.05) is 28.8 Å². The van der Waals surface area contributed by atoms with Crippen LogP contribution in [0.1, 0.15) is 36.2 Å². The van der Waals surface area contributed by atoms with Crippen LogP contribution in [0.3, 0.4) is 0 Å². The number of pyridine rings is 1. The lowest BCUT2D eigenvalue weighted by Gasteiger charge is -2.12. The molecule has 0 bridgehead atoms. The first-order valence-electron chi connectivity index (χ1n) is 7.50. The van der Waals surface area contributed by atoms with Crippen LogP contribution < -0.4 is 10.6 Å². The van der Waals surface area contributed by atoms with Gasteiger partial charge < -0.3 is 10.6 Å². The number of anilines is 2. The van der Waals surface area contributed by atoms with Crippen LogP contribution in [0, 0.1) is 0 Å². The molecule has 1 aliphatic rings. The molecule has 1 fully saturated rings. The van der Waals surface area contributed by atoms with E-state index < -0.39 is 0 Å². The Balaban J connectivity index is 1.61. The number of carbonyl (C=O) groups excluding carboxylic acids is 1. The summed E-state index contributed by atoms with van der Waals surface area (Å²) in [6, 6.07) is 11.8. The summed E-state index contributed by atoms with van der Waals surface area (Å²) < 4.78 is 1.04. The van der Waals surface area contributed by atoms with E-state index in [0.29, 0.717) is 11.7 Å². The van der Waals surface area contributed by atoms with Crippen LogP contribution in [0.15, 0.2) is 47.1 Å². The summed E-state index contributed by atoms with van der Waals surface area (Å²) in [6.45, 7) is 0. The van der Waals surface area contributed by atoms with Gasteiger partial charge in [-0.3, -0.25) is 4.79 Å². The second kappa shape index (κ2) is 6.92. The molecule has 1 aromatic heterocycles. The van der Waals surface area contributed by atoms with Crippen molar-refractivity contribution in [3.63, 3.8) is 0 Å². The van der Waals surface area contributed by atoms with Gasteiger partial charge in [-0.2, -0.15) is 0 Å². The van der Waals surface area contributed by atoms with E-state index in [0.717, 1.165) is 28.7 Å². The van der Waals surface area contributed by atoms with Gasteiger partial charge in [0.15, 0.2) is 0 Å². The molecule has 22 heavy (non-hydrogen) atoms. The molecule has 1 aliphatic carbocycles. The molecule has 3 rings (SSSR count). The first-order valence-corrected chi connectivity index (χ1v) is 8.29. The maximum atomic E-state index is 12.1. The normalized spacial score (nSPS) is 14.8. The minimum Gasteiger partial charge on any atom is -0.354 e. The molecule has 1 amide bonds. The predicted molar refractivity (Wildman–Crippen MR) is 91.4 cm³/mol. The van der Waals surface area contributed by atoms with Gasteiger partial charge in [0, 0.05) is 16.2 Å². The molecule has 1 aromatic carbocycles. The molecule has 0 aliphatic heterocycles. The van der Waals surface area contributed by atoms with Gasteiger partial charge in [-0.05, 0) is 49.2 Å². The van der Waals surface area contributed by atoms with E-state index in [9.17, 15) is 4.79 Å². The van der Waals surface area contributed by atoms with Gasteiger partial charge in [0.05, 0.1) is 11.9 Å². The fourth-order valence-electron chi connectivity index (χ4n) is 2.63. The number of carbonyl (C=O) groups is 1. The van der Waals surface area contributed by atoms with Gasteiger partial charge >= 0.3 is 0 Å². The molecule has 5 heteroatoms. The number of hydrogen-bond donors (Lipinski definition) is 2. The lowest BCUT2D eigenvalue weighted by molar-refractivity contribution is 0.0933. The number of nitrogens with one attached hydrogen (secondary N) is 2. The Labute approximate surface area is 138 Å². The van der Waals surface area contributed by atoms with Gasteiger partial charge in [0.25, 0.3) is 5.91 Å². The number of benzene rings is 1. The molecule has 1 heterocycles.